The average Bonchev–Trinajstić information content (AvgIpc) is 2.50. The first-order chi connectivity index (χ1) is 10.6. The summed E-state index contributed by atoms with van der Waals surface area (Å²) in [4.78, 5) is 12.0. The minimum atomic E-state index is -0.0214. The Morgan fingerprint density at radius 1 is 1.32 bits per heavy atom. The second kappa shape index (κ2) is 8.02. The molecule has 1 amide bonds. The summed E-state index contributed by atoms with van der Waals surface area (Å²) in [5.41, 5.74) is 3.56. The van der Waals surface area contributed by atoms with Crippen molar-refractivity contribution in [3.8, 4) is 6.07 Å². The van der Waals surface area contributed by atoms with E-state index in [1.165, 1.54) is 11.8 Å². The lowest BCUT2D eigenvalue weighted by Crippen LogP contribution is -2.14. The number of nitriles is 1. The van der Waals surface area contributed by atoms with E-state index in [1.54, 1.807) is 6.07 Å². The number of anilines is 1. The maximum atomic E-state index is 12.0. The van der Waals surface area contributed by atoms with Gasteiger partial charge >= 0.3 is 0 Å². The number of nitrogens with one attached hydrogen (secondary N) is 1. The molecule has 0 fully saturated rings. The van der Waals surface area contributed by atoms with Crippen molar-refractivity contribution >= 4 is 39.3 Å². The maximum absolute atomic E-state index is 12.0. The Morgan fingerprint density at radius 2 is 2.14 bits per heavy atom. The lowest BCUT2D eigenvalue weighted by molar-refractivity contribution is -0.113. The Kier molecular flexibility index (Phi) is 6.05. The molecule has 0 spiro atoms. The molecule has 0 aliphatic carbocycles. The molecule has 0 saturated carbocycles. The van der Waals surface area contributed by atoms with Gasteiger partial charge in [0, 0.05) is 15.9 Å². The van der Waals surface area contributed by atoms with Crippen molar-refractivity contribution in [3.05, 3.63) is 63.6 Å². The highest BCUT2D eigenvalue weighted by molar-refractivity contribution is 9.10. The molecule has 2 aromatic carbocycles. The number of benzene rings is 2. The first-order valence-corrected chi connectivity index (χ1v) is 8.66. The summed E-state index contributed by atoms with van der Waals surface area (Å²) in [5, 5.41) is 11.8. The van der Waals surface area contributed by atoms with Gasteiger partial charge in [0.1, 0.15) is 0 Å². The lowest BCUT2D eigenvalue weighted by Gasteiger charge is -2.08. The van der Waals surface area contributed by atoms with Crippen LogP contribution in [0.1, 0.15) is 16.7 Å². The van der Waals surface area contributed by atoms with Gasteiger partial charge in [0.25, 0.3) is 0 Å². The van der Waals surface area contributed by atoms with Crippen molar-refractivity contribution in [2.75, 3.05) is 11.1 Å². The van der Waals surface area contributed by atoms with E-state index in [4.69, 9.17) is 5.26 Å². The van der Waals surface area contributed by atoms with Gasteiger partial charge in [0.15, 0.2) is 0 Å². The standard InChI is InChI=1S/C17H15BrN2OS/c1-12-7-15(18)5-6-16(12)20-17(21)11-22-10-14-4-2-3-13(8-14)9-19/h2-8H,10-11H2,1H3,(H,20,21). The van der Waals surface area contributed by atoms with Gasteiger partial charge in [-0.25, -0.2) is 0 Å². The molecule has 112 valence electrons. The van der Waals surface area contributed by atoms with Gasteiger partial charge in [0.2, 0.25) is 5.91 Å². The van der Waals surface area contributed by atoms with E-state index >= 15 is 0 Å². The fraction of sp³-hybridized carbons (Fsp3) is 0.176. The van der Waals surface area contributed by atoms with Crippen molar-refractivity contribution in [2.45, 2.75) is 12.7 Å². The highest BCUT2D eigenvalue weighted by atomic mass is 79.9. The molecule has 0 atom stereocenters. The van der Waals surface area contributed by atoms with E-state index in [1.807, 2.05) is 43.3 Å². The van der Waals surface area contributed by atoms with Crippen LogP contribution in [0.4, 0.5) is 5.69 Å². The van der Waals surface area contributed by atoms with Gasteiger partial charge in [-0.2, -0.15) is 5.26 Å². The number of aryl methyl sites for hydroxylation is 1. The zero-order valence-electron chi connectivity index (χ0n) is 12.1. The largest absolute Gasteiger partial charge is 0.325 e. The highest BCUT2D eigenvalue weighted by Crippen LogP contribution is 2.20. The van der Waals surface area contributed by atoms with Gasteiger partial charge < -0.3 is 5.32 Å². The van der Waals surface area contributed by atoms with Crippen LogP contribution in [0.5, 0.6) is 0 Å². The second-order valence-corrected chi connectivity index (χ2v) is 6.71. The fourth-order valence-electron chi connectivity index (χ4n) is 1.95. The Labute approximate surface area is 142 Å². The summed E-state index contributed by atoms with van der Waals surface area (Å²) in [6.07, 6.45) is 0. The molecule has 0 radical (unpaired) electrons. The minimum Gasteiger partial charge on any atom is -0.325 e. The SMILES string of the molecule is Cc1cc(Br)ccc1NC(=O)CSCc1cccc(C#N)c1. The lowest BCUT2D eigenvalue weighted by atomic mass is 10.2. The molecule has 0 aromatic heterocycles. The number of hydrogen-bond acceptors (Lipinski definition) is 3. The van der Waals surface area contributed by atoms with Crippen LogP contribution in [0, 0.1) is 18.3 Å². The van der Waals surface area contributed by atoms with Crippen LogP contribution in [-0.2, 0) is 10.5 Å². The topological polar surface area (TPSA) is 52.9 Å². The number of amides is 1. The highest BCUT2D eigenvalue weighted by Gasteiger charge is 2.06. The number of thioether (sulfide) groups is 1. The molecular formula is C17H15BrN2OS. The molecule has 0 heterocycles. The quantitative estimate of drug-likeness (QED) is 0.837. The van der Waals surface area contributed by atoms with Crippen molar-refractivity contribution < 1.29 is 4.79 Å². The first kappa shape index (κ1) is 16.6. The van der Waals surface area contributed by atoms with Crippen molar-refractivity contribution in [2.24, 2.45) is 0 Å². The van der Waals surface area contributed by atoms with Crippen LogP contribution >= 0.6 is 27.7 Å². The Balaban J connectivity index is 1.84. The van der Waals surface area contributed by atoms with Crippen LogP contribution < -0.4 is 5.32 Å². The molecule has 3 nitrogen and oxygen atoms in total. The summed E-state index contributed by atoms with van der Waals surface area (Å²) in [5.74, 6) is 1.07. The minimum absolute atomic E-state index is 0.0214. The van der Waals surface area contributed by atoms with Crippen molar-refractivity contribution in [1.82, 2.24) is 0 Å². The smallest absolute Gasteiger partial charge is 0.234 e. The van der Waals surface area contributed by atoms with Crippen molar-refractivity contribution in [3.63, 3.8) is 0 Å². The van der Waals surface area contributed by atoms with Gasteiger partial charge in [-0.15, -0.1) is 11.8 Å². The van der Waals surface area contributed by atoms with Crippen LogP contribution in [0.3, 0.4) is 0 Å². The molecular weight excluding hydrogens is 360 g/mol. The monoisotopic (exact) mass is 374 g/mol. The molecule has 5 heteroatoms. The molecule has 2 rings (SSSR count). The molecule has 22 heavy (non-hydrogen) atoms. The predicted octanol–water partition coefficient (Wildman–Crippen LogP) is 4.50. The predicted molar refractivity (Wildman–Crippen MR) is 94.8 cm³/mol. The van der Waals surface area contributed by atoms with E-state index in [-0.39, 0.29) is 5.91 Å². The van der Waals surface area contributed by atoms with Gasteiger partial charge in [-0.1, -0.05) is 28.1 Å². The third-order valence-corrected chi connectivity index (χ3v) is 4.52. The Hall–Kier alpha value is -1.77. The van der Waals surface area contributed by atoms with Gasteiger partial charge in [-0.05, 0) is 48.4 Å². The zero-order valence-corrected chi connectivity index (χ0v) is 14.5. The van der Waals surface area contributed by atoms with Crippen LogP contribution in [0.2, 0.25) is 0 Å². The number of carbonyl (C=O) groups excluding carboxylic acids is 1. The average molecular weight is 375 g/mol. The number of nitrogens with zero attached hydrogens (tertiary/aromatic N) is 1. The third kappa shape index (κ3) is 4.90. The van der Waals surface area contributed by atoms with E-state index in [0.29, 0.717) is 17.1 Å². The Morgan fingerprint density at radius 3 is 2.86 bits per heavy atom. The first-order valence-electron chi connectivity index (χ1n) is 6.71. The zero-order chi connectivity index (χ0) is 15.9. The molecule has 0 bridgehead atoms. The number of hydrogen-bond donors (Lipinski definition) is 1. The van der Waals surface area contributed by atoms with E-state index in [2.05, 4.69) is 27.3 Å². The summed E-state index contributed by atoms with van der Waals surface area (Å²) < 4.78 is 0.995. The number of carbonyl (C=O) groups is 1. The maximum Gasteiger partial charge on any atom is 0.234 e. The normalized spacial score (nSPS) is 10.0. The fourth-order valence-corrected chi connectivity index (χ4v) is 3.20. The summed E-state index contributed by atoms with van der Waals surface area (Å²) in [6.45, 7) is 1.96. The molecule has 0 unspecified atom stereocenters. The van der Waals surface area contributed by atoms with Gasteiger partial charge in [0.05, 0.1) is 17.4 Å². The number of halogens is 1. The molecule has 0 aliphatic rings. The van der Waals surface area contributed by atoms with Crippen LogP contribution in [0.15, 0.2) is 46.9 Å². The van der Waals surface area contributed by atoms with Gasteiger partial charge in [-0.3, -0.25) is 4.79 Å². The third-order valence-electron chi connectivity index (χ3n) is 3.02. The number of rotatable bonds is 5. The Bertz CT molecular complexity index is 725. The second-order valence-electron chi connectivity index (χ2n) is 4.81. The molecule has 0 aliphatic heterocycles. The summed E-state index contributed by atoms with van der Waals surface area (Å²) in [6, 6.07) is 15.3. The van der Waals surface area contributed by atoms with E-state index in [9.17, 15) is 4.79 Å². The summed E-state index contributed by atoms with van der Waals surface area (Å²) in [7, 11) is 0. The molecule has 1 N–H and O–H groups in total. The van der Waals surface area contributed by atoms with Crippen molar-refractivity contribution in [1.29, 1.82) is 5.26 Å². The summed E-state index contributed by atoms with van der Waals surface area (Å²) >= 11 is 4.93. The molecule has 2 aromatic rings. The van der Waals surface area contributed by atoms with Crippen LogP contribution in [-0.4, -0.2) is 11.7 Å². The van der Waals surface area contributed by atoms with E-state index < -0.39 is 0 Å². The van der Waals surface area contributed by atoms with E-state index in [0.717, 1.165) is 21.3 Å². The molecule has 0 saturated heterocycles. The van der Waals surface area contributed by atoms with Crippen LogP contribution in [0.25, 0.3) is 0 Å².